The maximum absolute atomic E-state index is 13.9. The molecule has 21 heavy (non-hydrogen) atoms. The van der Waals surface area contributed by atoms with Gasteiger partial charge in [-0.2, -0.15) is 0 Å². The molecule has 2 aromatic carbocycles. The lowest BCUT2D eigenvalue weighted by Gasteiger charge is -2.08. The number of aromatic carboxylic acids is 1. The number of carboxylic acid groups (broad SMARTS) is 1. The SMILES string of the molecule is COC(=O)c1ccc(F)c(-c2ccc(Cl)c(C(=O)O)c2)c1. The Morgan fingerprint density at radius 3 is 2.52 bits per heavy atom. The van der Waals surface area contributed by atoms with Crippen LogP contribution in [0.5, 0.6) is 0 Å². The fraction of sp³-hybridized carbons (Fsp3) is 0.0667. The second kappa shape index (κ2) is 5.93. The van der Waals surface area contributed by atoms with Crippen molar-refractivity contribution in [2.75, 3.05) is 7.11 Å². The van der Waals surface area contributed by atoms with Gasteiger partial charge in [0, 0.05) is 5.56 Å². The Morgan fingerprint density at radius 2 is 1.90 bits per heavy atom. The third kappa shape index (κ3) is 3.03. The van der Waals surface area contributed by atoms with E-state index in [1.807, 2.05) is 0 Å². The standard InChI is InChI=1S/C15H10ClFO4/c1-21-15(20)9-3-5-13(17)10(7-9)8-2-4-12(16)11(6-8)14(18)19/h2-7H,1H3,(H,18,19). The molecule has 0 aromatic heterocycles. The van der Waals surface area contributed by atoms with E-state index in [0.29, 0.717) is 5.56 Å². The van der Waals surface area contributed by atoms with E-state index in [0.717, 1.165) is 6.07 Å². The fourth-order valence-corrected chi connectivity index (χ4v) is 2.05. The minimum absolute atomic E-state index is 0.0516. The van der Waals surface area contributed by atoms with Gasteiger partial charge in [-0.1, -0.05) is 17.7 Å². The summed E-state index contributed by atoms with van der Waals surface area (Å²) in [4.78, 5) is 22.5. The molecule has 0 saturated carbocycles. The monoisotopic (exact) mass is 308 g/mol. The van der Waals surface area contributed by atoms with Crippen molar-refractivity contribution in [1.29, 1.82) is 0 Å². The molecule has 0 heterocycles. The second-order valence-corrected chi connectivity index (χ2v) is 4.59. The third-order valence-corrected chi connectivity index (χ3v) is 3.22. The Balaban J connectivity index is 2.58. The number of esters is 1. The van der Waals surface area contributed by atoms with Crippen LogP contribution in [0.1, 0.15) is 20.7 Å². The number of hydrogen-bond acceptors (Lipinski definition) is 3. The van der Waals surface area contributed by atoms with Gasteiger partial charge in [-0.05, 0) is 35.9 Å². The van der Waals surface area contributed by atoms with Crippen LogP contribution in [-0.4, -0.2) is 24.2 Å². The highest BCUT2D eigenvalue weighted by Crippen LogP contribution is 2.28. The van der Waals surface area contributed by atoms with Crippen molar-refractivity contribution in [1.82, 2.24) is 0 Å². The molecular formula is C15H10ClFO4. The summed E-state index contributed by atoms with van der Waals surface area (Å²) >= 11 is 5.77. The second-order valence-electron chi connectivity index (χ2n) is 4.19. The summed E-state index contributed by atoms with van der Waals surface area (Å²) in [7, 11) is 1.22. The molecule has 0 bridgehead atoms. The summed E-state index contributed by atoms with van der Waals surface area (Å²) < 4.78 is 18.5. The average molecular weight is 309 g/mol. The van der Waals surface area contributed by atoms with E-state index >= 15 is 0 Å². The largest absolute Gasteiger partial charge is 0.478 e. The van der Waals surface area contributed by atoms with Crippen LogP contribution in [0, 0.1) is 5.82 Å². The van der Waals surface area contributed by atoms with E-state index in [1.165, 1.54) is 37.4 Å². The zero-order valence-electron chi connectivity index (χ0n) is 10.9. The number of hydrogen-bond donors (Lipinski definition) is 1. The molecule has 108 valence electrons. The lowest BCUT2D eigenvalue weighted by atomic mass is 10.0. The van der Waals surface area contributed by atoms with E-state index in [-0.39, 0.29) is 21.7 Å². The molecule has 4 nitrogen and oxygen atoms in total. The molecule has 0 saturated heterocycles. The average Bonchev–Trinajstić information content (AvgIpc) is 2.47. The van der Waals surface area contributed by atoms with Crippen LogP contribution < -0.4 is 0 Å². The maximum atomic E-state index is 13.9. The first-order valence-corrected chi connectivity index (χ1v) is 6.23. The zero-order valence-corrected chi connectivity index (χ0v) is 11.6. The van der Waals surface area contributed by atoms with Crippen LogP contribution >= 0.6 is 11.6 Å². The molecule has 0 amide bonds. The molecule has 0 aliphatic carbocycles. The molecule has 0 aliphatic rings. The van der Waals surface area contributed by atoms with Crippen LogP contribution in [-0.2, 0) is 4.74 Å². The predicted molar refractivity (Wildman–Crippen MR) is 75.1 cm³/mol. The predicted octanol–water partition coefficient (Wildman–Crippen LogP) is 3.63. The number of halogens is 2. The molecule has 0 spiro atoms. The van der Waals surface area contributed by atoms with Crippen molar-refractivity contribution < 1.29 is 23.8 Å². The van der Waals surface area contributed by atoms with Gasteiger partial charge < -0.3 is 9.84 Å². The minimum atomic E-state index is -1.22. The topological polar surface area (TPSA) is 63.6 Å². The highest BCUT2D eigenvalue weighted by atomic mass is 35.5. The van der Waals surface area contributed by atoms with Gasteiger partial charge in [0.15, 0.2) is 0 Å². The maximum Gasteiger partial charge on any atom is 0.337 e. The smallest absolute Gasteiger partial charge is 0.337 e. The molecule has 0 radical (unpaired) electrons. The van der Waals surface area contributed by atoms with Crippen molar-refractivity contribution in [2.24, 2.45) is 0 Å². The summed E-state index contributed by atoms with van der Waals surface area (Å²) in [6.07, 6.45) is 0. The van der Waals surface area contributed by atoms with Crippen LogP contribution in [0.4, 0.5) is 4.39 Å². The van der Waals surface area contributed by atoms with Crippen molar-refractivity contribution in [2.45, 2.75) is 0 Å². The summed E-state index contributed by atoms with van der Waals surface area (Å²) in [5.41, 5.74) is 0.426. The molecular weight excluding hydrogens is 299 g/mol. The minimum Gasteiger partial charge on any atom is -0.478 e. The van der Waals surface area contributed by atoms with Gasteiger partial charge >= 0.3 is 11.9 Å². The van der Waals surface area contributed by atoms with Crippen LogP contribution in [0.15, 0.2) is 36.4 Å². The van der Waals surface area contributed by atoms with Crippen molar-refractivity contribution >= 4 is 23.5 Å². The van der Waals surface area contributed by atoms with E-state index in [9.17, 15) is 14.0 Å². The normalized spacial score (nSPS) is 10.2. The van der Waals surface area contributed by atoms with E-state index < -0.39 is 17.8 Å². The molecule has 0 atom stereocenters. The molecule has 2 aromatic rings. The van der Waals surface area contributed by atoms with E-state index in [1.54, 1.807) is 0 Å². The quantitative estimate of drug-likeness (QED) is 0.879. The van der Waals surface area contributed by atoms with Crippen LogP contribution in [0.25, 0.3) is 11.1 Å². The Kier molecular flexibility index (Phi) is 4.23. The number of rotatable bonds is 3. The molecule has 0 fully saturated rings. The van der Waals surface area contributed by atoms with E-state index in [4.69, 9.17) is 16.7 Å². The Morgan fingerprint density at radius 1 is 1.19 bits per heavy atom. The Bertz CT molecular complexity index is 728. The number of methoxy groups -OCH3 is 1. The number of benzene rings is 2. The van der Waals surface area contributed by atoms with Gasteiger partial charge in [0.05, 0.1) is 23.3 Å². The van der Waals surface area contributed by atoms with Crippen LogP contribution in [0.2, 0.25) is 5.02 Å². The van der Waals surface area contributed by atoms with Crippen LogP contribution in [0.3, 0.4) is 0 Å². The summed E-state index contributed by atoms with van der Waals surface area (Å²) in [6, 6.07) is 7.81. The zero-order chi connectivity index (χ0) is 15.6. The Labute approximate surface area is 124 Å². The number of carboxylic acids is 1. The van der Waals surface area contributed by atoms with Gasteiger partial charge in [0.2, 0.25) is 0 Å². The highest BCUT2D eigenvalue weighted by Gasteiger charge is 2.15. The third-order valence-electron chi connectivity index (χ3n) is 2.90. The van der Waals surface area contributed by atoms with Gasteiger partial charge in [-0.15, -0.1) is 0 Å². The summed E-state index contributed by atoms with van der Waals surface area (Å²) in [5, 5.41) is 9.09. The number of ether oxygens (including phenoxy) is 1. The first-order chi connectivity index (χ1) is 9.93. The summed E-state index contributed by atoms with van der Waals surface area (Å²) in [6.45, 7) is 0. The highest BCUT2D eigenvalue weighted by molar-refractivity contribution is 6.33. The van der Waals surface area contributed by atoms with E-state index in [2.05, 4.69) is 4.74 Å². The van der Waals surface area contributed by atoms with Crippen molar-refractivity contribution in [3.8, 4) is 11.1 Å². The van der Waals surface area contributed by atoms with Gasteiger partial charge in [-0.25, -0.2) is 14.0 Å². The van der Waals surface area contributed by atoms with Crippen molar-refractivity contribution in [3.05, 3.63) is 58.4 Å². The van der Waals surface area contributed by atoms with Gasteiger partial charge in [-0.3, -0.25) is 0 Å². The lowest BCUT2D eigenvalue weighted by Crippen LogP contribution is -2.02. The summed E-state index contributed by atoms with van der Waals surface area (Å²) in [5.74, 6) is -2.41. The first-order valence-electron chi connectivity index (χ1n) is 5.85. The van der Waals surface area contributed by atoms with Gasteiger partial charge in [0.25, 0.3) is 0 Å². The first kappa shape index (κ1) is 15.0. The molecule has 0 aliphatic heterocycles. The molecule has 6 heteroatoms. The molecule has 0 unspecified atom stereocenters. The fourth-order valence-electron chi connectivity index (χ4n) is 1.85. The number of carbonyl (C=O) groups is 2. The molecule has 2 rings (SSSR count). The lowest BCUT2D eigenvalue weighted by molar-refractivity contribution is 0.0599. The molecule has 1 N–H and O–H groups in total. The van der Waals surface area contributed by atoms with Gasteiger partial charge in [0.1, 0.15) is 5.82 Å². The number of carbonyl (C=O) groups excluding carboxylic acids is 1. The van der Waals surface area contributed by atoms with Crippen molar-refractivity contribution in [3.63, 3.8) is 0 Å². The Hall–Kier alpha value is -2.40.